The van der Waals surface area contributed by atoms with E-state index in [1.807, 2.05) is 30.9 Å². The van der Waals surface area contributed by atoms with Gasteiger partial charge < -0.3 is 9.32 Å². The summed E-state index contributed by atoms with van der Waals surface area (Å²) in [6.45, 7) is 9.11. The third-order valence-electron chi connectivity index (χ3n) is 2.36. The number of likely N-dealkylation sites (N-methyl/N-ethyl adjacent to an activating group) is 1. The number of amides is 1. The van der Waals surface area contributed by atoms with Crippen LogP contribution in [0.5, 0.6) is 0 Å². The van der Waals surface area contributed by atoms with Crippen molar-refractivity contribution in [2.75, 3.05) is 13.1 Å². The van der Waals surface area contributed by atoms with Gasteiger partial charge in [-0.25, -0.2) is 0 Å². The summed E-state index contributed by atoms with van der Waals surface area (Å²) in [6, 6.07) is 3.73. The number of rotatable bonds is 6. The fourth-order valence-electron chi connectivity index (χ4n) is 1.55. The summed E-state index contributed by atoms with van der Waals surface area (Å²) >= 11 is 0. The van der Waals surface area contributed by atoms with Gasteiger partial charge >= 0.3 is 0 Å². The largest absolute Gasteiger partial charge is 0.469 e. The molecular weight excluding hydrogens is 202 g/mol. The average molecular weight is 221 g/mol. The lowest BCUT2D eigenvalue weighted by atomic mass is 10.2. The minimum Gasteiger partial charge on any atom is -0.469 e. The Morgan fingerprint density at radius 2 is 2.31 bits per heavy atom. The second-order valence-electron chi connectivity index (χ2n) is 3.94. The predicted molar refractivity (Wildman–Crippen MR) is 64.1 cm³/mol. The van der Waals surface area contributed by atoms with E-state index in [4.69, 9.17) is 4.42 Å². The quantitative estimate of drug-likeness (QED) is 0.692. The first-order valence-corrected chi connectivity index (χ1v) is 5.58. The molecule has 16 heavy (non-hydrogen) atoms. The first-order valence-electron chi connectivity index (χ1n) is 5.58. The van der Waals surface area contributed by atoms with Crippen LogP contribution in [-0.2, 0) is 11.2 Å². The lowest BCUT2D eigenvalue weighted by molar-refractivity contribution is -0.130. The van der Waals surface area contributed by atoms with Crippen molar-refractivity contribution in [3.05, 3.63) is 36.3 Å². The van der Waals surface area contributed by atoms with E-state index in [1.54, 1.807) is 6.26 Å². The Hall–Kier alpha value is -1.51. The second-order valence-corrected chi connectivity index (χ2v) is 3.94. The van der Waals surface area contributed by atoms with Crippen LogP contribution in [0, 0.1) is 0 Å². The molecule has 0 unspecified atom stereocenters. The van der Waals surface area contributed by atoms with E-state index in [9.17, 15) is 4.79 Å². The number of nitrogens with zero attached hydrogens (tertiary/aromatic N) is 1. The van der Waals surface area contributed by atoms with E-state index in [1.165, 1.54) is 0 Å². The van der Waals surface area contributed by atoms with Crippen LogP contribution in [0.3, 0.4) is 0 Å². The van der Waals surface area contributed by atoms with Gasteiger partial charge in [0.1, 0.15) is 5.76 Å². The van der Waals surface area contributed by atoms with Gasteiger partial charge in [0.2, 0.25) is 5.91 Å². The molecule has 1 heterocycles. The average Bonchev–Trinajstić information content (AvgIpc) is 2.75. The van der Waals surface area contributed by atoms with E-state index in [0.717, 1.165) is 17.9 Å². The maximum Gasteiger partial charge on any atom is 0.223 e. The smallest absolute Gasteiger partial charge is 0.223 e. The van der Waals surface area contributed by atoms with Gasteiger partial charge in [0, 0.05) is 25.9 Å². The normalized spacial score (nSPS) is 10.1. The lowest BCUT2D eigenvalue weighted by Gasteiger charge is -2.20. The topological polar surface area (TPSA) is 33.5 Å². The Labute approximate surface area is 96.7 Å². The van der Waals surface area contributed by atoms with E-state index < -0.39 is 0 Å². The summed E-state index contributed by atoms with van der Waals surface area (Å²) in [4.78, 5) is 13.7. The van der Waals surface area contributed by atoms with Crippen molar-refractivity contribution in [2.45, 2.75) is 26.7 Å². The molecule has 88 valence electrons. The molecule has 0 bridgehead atoms. The first kappa shape index (κ1) is 12.6. The van der Waals surface area contributed by atoms with Crippen LogP contribution in [0.1, 0.15) is 26.0 Å². The lowest BCUT2D eigenvalue weighted by Crippen LogP contribution is -2.32. The summed E-state index contributed by atoms with van der Waals surface area (Å²) < 4.78 is 5.19. The Morgan fingerprint density at radius 3 is 2.81 bits per heavy atom. The minimum atomic E-state index is 0.155. The molecule has 0 saturated carbocycles. The third kappa shape index (κ3) is 3.93. The standard InChI is InChI=1S/C13H19NO2/c1-4-14(10-11(2)3)13(15)8-7-12-6-5-9-16-12/h5-6,9H,2,4,7-8,10H2,1,3H3. The highest BCUT2D eigenvalue weighted by Gasteiger charge is 2.11. The van der Waals surface area contributed by atoms with Crippen molar-refractivity contribution in [3.63, 3.8) is 0 Å². The van der Waals surface area contributed by atoms with Crippen LogP contribution >= 0.6 is 0 Å². The first-order chi connectivity index (χ1) is 7.63. The molecule has 0 saturated heterocycles. The summed E-state index contributed by atoms with van der Waals surface area (Å²) in [5, 5.41) is 0. The van der Waals surface area contributed by atoms with Gasteiger partial charge in [-0.15, -0.1) is 0 Å². The predicted octanol–water partition coefficient (Wildman–Crippen LogP) is 2.64. The van der Waals surface area contributed by atoms with Gasteiger partial charge in [-0.3, -0.25) is 4.79 Å². The molecule has 3 nitrogen and oxygen atoms in total. The molecule has 0 aliphatic carbocycles. The molecule has 0 atom stereocenters. The zero-order valence-corrected chi connectivity index (χ0v) is 10.0. The Bertz CT molecular complexity index is 341. The van der Waals surface area contributed by atoms with Crippen LogP contribution in [-0.4, -0.2) is 23.9 Å². The van der Waals surface area contributed by atoms with Crippen molar-refractivity contribution in [3.8, 4) is 0 Å². The molecule has 0 radical (unpaired) electrons. The molecule has 0 aromatic carbocycles. The number of carbonyl (C=O) groups excluding carboxylic acids is 1. The summed E-state index contributed by atoms with van der Waals surface area (Å²) in [7, 11) is 0. The number of aryl methyl sites for hydroxylation is 1. The Kier molecular flexibility index (Phi) is 4.83. The van der Waals surface area contributed by atoms with E-state index in [0.29, 0.717) is 19.4 Å². The van der Waals surface area contributed by atoms with Gasteiger partial charge in [-0.1, -0.05) is 12.2 Å². The summed E-state index contributed by atoms with van der Waals surface area (Å²) in [5.74, 6) is 1.02. The van der Waals surface area contributed by atoms with Crippen LogP contribution in [0.25, 0.3) is 0 Å². The fraction of sp³-hybridized carbons (Fsp3) is 0.462. The maximum atomic E-state index is 11.8. The molecular formula is C13H19NO2. The highest BCUT2D eigenvalue weighted by molar-refractivity contribution is 5.76. The van der Waals surface area contributed by atoms with Gasteiger partial charge in [-0.05, 0) is 26.0 Å². The zero-order chi connectivity index (χ0) is 12.0. The van der Waals surface area contributed by atoms with Crippen LogP contribution in [0.15, 0.2) is 35.0 Å². The van der Waals surface area contributed by atoms with Crippen molar-refractivity contribution in [1.82, 2.24) is 4.90 Å². The SMILES string of the molecule is C=C(C)CN(CC)C(=O)CCc1ccco1. The number of carbonyl (C=O) groups is 1. The molecule has 0 N–H and O–H groups in total. The third-order valence-corrected chi connectivity index (χ3v) is 2.36. The summed E-state index contributed by atoms with van der Waals surface area (Å²) in [6.07, 6.45) is 2.79. The van der Waals surface area contributed by atoms with Gasteiger partial charge in [-0.2, -0.15) is 0 Å². The number of hydrogen-bond donors (Lipinski definition) is 0. The molecule has 1 rings (SSSR count). The molecule has 0 fully saturated rings. The fourth-order valence-corrected chi connectivity index (χ4v) is 1.55. The van der Waals surface area contributed by atoms with Crippen molar-refractivity contribution in [1.29, 1.82) is 0 Å². The van der Waals surface area contributed by atoms with Crippen LogP contribution < -0.4 is 0 Å². The number of furan rings is 1. The second kappa shape index (κ2) is 6.16. The molecule has 0 aliphatic heterocycles. The van der Waals surface area contributed by atoms with Gasteiger partial charge in [0.05, 0.1) is 6.26 Å². The highest BCUT2D eigenvalue weighted by atomic mass is 16.3. The van der Waals surface area contributed by atoms with Crippen LogP contribution in [0.4, 0.5) is 0 Å². The van der Waals surface area contributed by atoms with E-state index in [-0.39, 0.29) is 5.91 Å². The molecule has 1 aromatic heterocycles. The van der Waals surface area contributed by atoms with E-state index >= 15 is 0 Å². The van der Waals surface area contributed by atoms with Gasteiger partial charge in [0.25, 0.3) is 0 Å². The Morgan fingerprint density at radius 1 is 1.56 bits per heavy atom. The monoisotopic (exact) mass is 221 g/mol. The Balaban J connectivity index is 2.40. The van der Waals surface area contributed by atoms with Crippen molar-refractivity contribution < 1.29 is 9.21 Å². The molecule has 1 amide bonds. The van der Waals surface area contributed by atoms with Crippen molar-refractivity contribution >= 4 is 5.91 Å². The molecule has 1 aromatic rings. The number of hydrogen-bond acceptors (Lipinski definition) is 2. The van der Waals surface area contributed by atoms with Crippen LogP contribution in [0.2, 0.25) is 0 Å². The zero-order valence-electron chi connectivity index (χ0n) is 10.0. The maximum absolute atomic E-state index is 11.8. The molecule has 3 heteroatoms. The summed E-state index contributed by atoms with van der Waals surface area (Å²) in [5.41, 5.74) is 1.01. The van der Waals surface area contributed by atoms with Gasteiger partial charge in [0.15, 0.2) is 0 Å². The molecule has 0 aliphatic rings. The van der Waals surface area contributed by atoms with Crippen molar-refractivity contribution in [2.24, 2.45) is 0 Å². The molecule has 0 spiro atoms. The minimum absolute atomic E-state index is 0.155. The van der Waals surface area contributed by atoms with E-state index in [2.05, 4.69) is 6.58 Å². The highest BCUT2D eigenvalue weighted by Crippen LogP contribution is 2.06.